The number of carbonyl (C=O) groups is 1. The summed E-state index contributed by atoms with van der Waals surface area (Å²) in [7, 11) is 2.05. The number of pyridine rings is 1. The number of benzene rings is 1. The Hall–Kier alpha value is -4.68. The average Bonchev–Trinajstić information content (AvgIpc) is 3.42. The van der Waals surface area contributed by atoms with Gasteiger partial charge in [-0.25, -0.2) is 19.9 Å². The quantitative estimate of drug-likeness (QED) is 0.250. The maximum atomic E-state index is 12.7. The first kappa shape index (κ1) is 28.4. The number of esters is 1. The Labute approximate surface area is 251 Å². The Kier molecular flexibility index (Phi) is 8.66. The number of piperazine rings is 1. The summed E-state index contributed by atoms with van der Waals surface area (Å²) in [6.07, 6.45) is 4.63. The van der Waals surface area contributed by atoms with Crippen LogP contribution in [0.4, 0.5) is 29.0 Å². The van der Waals surface area contributed by atoms with E-state index >= 15 is 0 Å². The maximum absolute atomic E-state index is 12.7. The standard InChI is InChI=1S/C31H36N10O2/c1-21-4-3-5-26(35-21)30-33-13-10-27(38-30)37-28-11-14-34-31(39-28)36-22-6-8-23(9-7-22)41-17-15-32-19-24(41)18-29(42)43-25-12-16-40(2)20-25/h3-11,13-14,24-25,32H,12,15-20H2,1-2H3,(H2,33,34,36,37,38,39)/t24-,25?/m1/s1. The first-order chi connectivity index (χ1) is 21.0. The fourth-order valence-electron chi connectivity index (χ4n) is 5.40. The van der Waals surface area contributed by atoms with Crippen LogP contribution in [0.5, 0.6) is 0 Å². The molecule has 0 bridgehead atoms. The van der Waals surface area contributed by atoms with Crippen LogP contribution >= 0.6 is 0 Å². The van der Waals surface area contributed by atoms with Crippen molar-refractivity contribution < 1.29 is 9.53 Å². The summed E-state index contributed by atoms with van der Waals surface area (Å²) in [5.41, 5.74) is 3.53. The van der Waals surface area contributed by atoms with Crippen molar-refractivity contribution in [2.45, 2.75) is 31.9 Å². The van der Waals surface area contributed by atoms with E-state index in [1.165, 1.54) is 0 Å². The summed E-state index contributed by atoms with van der Waals surface area (Å²) < 4.78 is 5.76. The zero-order valence-corrected chi connectivity index (χ0v) is 24.4. The highest BCUT2D eigenvalue weighted by molar-refractivity contribution is 5.72. The molecule has 0 amide bonds. The van der Waals surface area contributed by atoms with Crippen molar-refractivity contribution in [2.24, 2.45) is 0 Å². The van der Waals surface area contributed by atoms with E-state index in [-0.39, 0.29) is 18.1 Å². The van der Waals surface area contributed by atoms with Gasteiger partial charge in [0, 0.05) is 62.2 Å². The van der Waals surface area contributed by atoms with E-state index < -0.39 is 0 Å². The molecule has 1 aromatic carbocycles. The van der Waals surface area contributed by atoms with E-state index in [4.69, 9.17) is 4.74 Å². The van der Waals surface area contributed by atoms with E-state index in [1.807, 2.05) is 37.3 Å². The number of aromatic nitrogens is 5. The number of hydrogen-bond acceptors (Lipinski definition) is 12. The summed E-state index contributed by atoms with van der Waals surface area (Å²) in [4.78, 5) is 39.6. The van der Waals surface area contributed by atoms with E-state index in [0.29, 0.717) is 35.5 Å². The average molecular weight is 581 g/mol. The number of likely N-dealkylation sites (tertiary alicyclic amines) is 1. The summed E-state index contributed by atoms with van der Waals surface area (Å²) in [5.74, 6) is 2.05. The molecule has 222 valence electrons. The molecule has 2 aliphatic heterocycles. The molecule has 0 spiro atoms. The van der Waals surface area contributed by atoms with Crippen LogP contribution in [0.2, 0.25) is 0 Å². The van der Waals surface area contributed by atoms with Crippen LogP contribution in [0, 0.1) is 6.92 Å². The van der Waals surface area contributed by atoms with Crippen LogP contribution in [0.1, 0.15) is 18.5 Å². The largest absolute Gasteiger partial charge is 0.461 e. The van der Waals surface area contributed by atoms with Crippen LogP contribution in [0.15, 0.2) is 67.0 Å². The van der Waals surface area contributed by atoms with Crippen LogP contribution in [0.3, 0.4) is 0 Å². The molecule has 2 atom stereocenters. The predicted octanol–water partition coefficient (Wildman–Crippen LogP) is 3.54. The molecule has 2 aliphatic rings. The van der Waals surface area contributed by atoms with Gasteiger partial charge in [0.15, 0.2) is 5.82 Å². The second-order valence-electron chi connectivity index (χ2n) is 10.9. The number of rotatable bonds is 9. The smallest absolute Gasteiger partial charge is 0.308 e. The number of likely N-dealkylation sites (N-methyl/N-ethyl adjacent to an activating group) is 1. The van der Waals surface area contributed by atoms with Gasteiger partial charge in [0.05, 0.1) is 12.5 Å². The predicted molar refractivity (Wildman–Crippen MR) is 166 cm³/mol. The summed E-state index contributed by atoms with van der Waals surface area (Å²) in [5, 5.41) is 9.92. The monoisotopic (exact) mass is 580 g/mol. The first-order valence-electron chi connectivity index (χ1n) is 14.6. The highest BCUT2D eigenvalue weighted by Gasteiger charge is 2.28. The third kappa shape index (κ3) is 7.40. The Bertz CT molecular complexity index is 1550. The summed E-state index contributed by atoms with van der Waals surface area (Å²) >= 11 is 0. The minimum absolute atomic E-state index is 0.00173. The van der Waals surface area contributed by atoms with Gasteiger partial charge in [-0.2, -0.15) is 4.98 Å². The van der Waals surface area contributed by atoms with Crippen molar-refractivity contribution in [1.82, 2.24) is 35.1 Å². The summed E-state index contributed by atoms with van der Waals surface area (Å²) in [6.45, 7) is 6.13. The minimum Gasteiger partial charge on any atom is -0.461 e. The molecule has 43 heavy (non-hydrogen) atoms. The normalized spacial score (nSPS) is 18.8. The van der Waals surface area contributed by atoms with Crippen molar-refractivity contribution in [3.63, 3.8) is 0 Å². The summed E-state index contributed by atoms with van der Waals surface area (Å²) in [6, 6.07) is 17.5. The van der Waals surface area contributed by atoms with Gasteiger partial charge in [-0.15, -0.1) is 0 Å². The Morgan fingerprint density at radius 2 is 1.79 bits per heavy atom. The van der Waals surface area contributed by atoms with Gasteiger partial charge < -0.3 is 30.5 Å². The molecule has 6 rings (SSSR count). The van der Waals surface area contributed by atoms with Crippen molar-refractivity contribution in [3.05, 3.63) is 72.7 Å². The van der Waals surface area contributed by atoms with Crippen LogP contribution < -0.4 is 20.9 Å². The lowest BCUT2D eigenvalue weighted by molar-refractivity contribution is -0.148. The topological polar surface area (TPSA) is 133 Å². The zero-order chi connectivity index (χ0) is 29.6. The van der Waals surface area contributed by atoms with Crippen LogP contribution in [-0.2, 0) is 9.53 Å². The van der Waals surface area contributed by atoms with Gasteiger partial charge in [0.1, 0.15) is 23.4 Å². The molecule has 2 fully saturated rings. The van der Waals surface area contributed by atoms with Crippen molar-refractivity contribution in [2.75, 3.05) is 55.3 Å². The molecular formula is C31H36N10O2. The first-order valence-corrected chi connectivity index (χ1v) is 14.6. The molecule has 4 aromatic rings. The van der Waals surface area contributed by atoms with E-state index in [0.717, 1.165) is 56.2 Å². The highest BCUT2D eigenvalue weighted by atomic mass is 16.5. The zero-order valence-electron chi connectivity index (χ0n) is 24.4. The molecular weight excluding hydrogens is 544 g/mol. The molecule has 5 heterocycles. The minimum atomic E-state index is -0.132. The highest BCUT2D eigenvalue weighted by Crippen LogP contribution is 2.25. The number of hydrogen-bond donors (Lipinski definition) is 3. The van der Waals surface area contributed by atoms with Crippen LogP contribution in [0.25, 0.3) is 11.5 Å². The second kappa shape index (κ2) is 13.1. The number of nitrogens with one attached hydrogen (secondary N) is 3. The molecule has 1 unspecified atom stereocenters. The second-order valence-corrected chi connectivity index (χ2v) is 10.9. The molecule has 3 N–H and O–H groups in total. The van der Waals surface area contributed by atoms with Gasteiger partial charge >= 0.3 is 5.97 Å². The third-order valence-corrected chi connectivity index (χ3v) is 7.54. The molecule has 0 saturated carbocycles. The van der Waals surface area contributed by atoms with Gasteiger partial charge in [0.2, 0.25) is 5.95 Å². The fraction of sp³-hybridized carbons (Fsp3) is 0.355. The number of ether oxygens (including phenoxy) is 1. The van der Waals surface area contributed by atoms with E-state index in [9.17, 15) is 4.79 Å². The SMILES string of the molecule is Cc1cccc(-c2nccc(Nc3ccnc(Nc4ccc(N5CCNC[C@H]5CC(=O)OC5CCN(C)C5)cc4)n3)n2)n1. The van der Waals surface area contributed by atoms with Crippen molar-refractivity contribution in [3.8, 4) is 11.5 Å². The van der Waals surface area contributed by atoms with E-state index in [2.05, 4.69) is 69.9 Å². The molecule has 0 aliphatic carbocycles. The molecule has 2 saturated heterocycles. The number of carbonyl (C=O) groups excluding carboxylic acids is 1. The van der Waals surface area contributed by atoms with Crippen molar-refractivity contribution in [1.29, 1.82) is 0 Å². The fourth-order valence-corrected chi connectivity index (χ4v) is 5.40. The number of aryl methyl sites for hydroxylation is 1. The molecule has 0 radical (unpaired) electrons. The Morgan fingerprint density at radius 3 is 2.58 bits per heavy atom. The maximum Gasteiger partial charge on any atom is 0.308 e. The molecule has 12 nitrogen and oxygen atoms in total. The van der Waals surface area contributed by atoms with Crippen molar-refractivity contribution >= 4 is 34.9 Å². The molecule has 12 heteroatoms. The van der Waals surface area contributed by atoms with E-state index in [1.54, 1.807) is 24.5 Å². The van der Waals surface area contributed by atoms with Gasteiger partial charge in [0.25, 0.3) is 0 Å². The van der Waals surface area contributed by atoms with Gasteiger partial charge in [-0.05, 0) is 68.9 Å². The third-order valence-electron chi connectivity index (χ3n) is 7.54. The lowest BCUT2D eigenvalue weighted by Gasteiger charge is -2.37. The lowest BCUT2D eigenvalue weighted by Crippen LogP contribution is -2.52. The Balaban J connectivity index is 1.08. The molecule has 3 aromatic heterocycles. The van der Waals surface area contributed by atoms with Gasteiger partial charge in [-0.3, -0.25) is 4.79 Å². The van der Waals surface area contributed by atoms with Gasteiger partial charge in [-0.1, -0.05) is 6.07 Å². The number of nitrogens with zero attached hydrogens (tertiary/aromatic N) is 7. The lowest BCUT2D eigenvalue weighted by atomic mass is 10.1. The number of anilines is 5. The Morgan fingerprint density at radius 1 is 0.977 bits per heavy atom. The van der Waals surface area contributed by atoms with Crippen LogP contribution in [-0.4, -0.2) is 87.7 Å².